The molecule has 3 rings (SSSR count). The van der Waals surface area contributed by atoms with E-state index in [1.165, 1.54) is 0 Å². The maximum absolute atomic E-state index is 12.1. The normalized spacial score (nSPS) is 10.4. The van der Waals surface area contributed by atoms with Crippen molar-refractivity contribution in [2.75, 3.05) is 11.9 Å². The first-order valence-electron chi connectivity index (χ1n) is 6.88. The highest BCUT2D eigenvalue weighted by atomic mass is 79.9. The molecule has 0 spiro atoms. The molecule has 1 heterocycles. The van der Waals surface area contributed by atoms with Gasteiger partial charge in [0, 0.05) is 9.86 Å². The zero-order chi connectivity index (χ0) is 17.1. The van der Waals surface area contributed by atoms with Gasteiger partial charge in [0.05, 0.1) is 5.02 Å². The van der Waals surface area contributed by atoms with E-state index in [1.807, 2.05) is 6.07 Å². The highest BCUT2D eigenvalue weighted by Crippen LogP contribution is 2.30. The zero-order valence-electron chi connectivity index (χ0n) is 12.2. The molecule has 0 radical (unpaired) electrons. The summed E-state index contributed by atoms with van der Waals surface area (Å²) in [6.45, 7) is -0.244. The van der Waals surface area contributed by atoms with Gasteiger partial charge in [-0.3, -0.25) is 4.79 Å². The number of amides is 1. The highest BCUT2D eigenvalue weighted by molar-refractivity contribution is 9.10. The Bertz CT molecular complexity index is 962. The molecule has 0 atom stereocenters. The number of para-hydroxylation sites is 1. The smallest absolute Gasteiger partial charge is 0.262 e. The van der Waals surface area contributed by atoms with Crippen molar-refractivity contribution in [2.45, 2.75) is 0 Å². The van der Waals surface area contributed by atoms with Gasteiger partial charge in [-0.2, -0.15) is 5.26 Å². The molecule has 0 aliphatic rings. The van der Waals surface area contributed by atoms with E-state index in [-0.39, 0.29) is 12.4 Å². The first-order chi connectivity index (χ1) is 11.6. The molecule has 0 unspecified atom stereocenters. The molecule has 0 aliphatic carbocycles. The minimum atomic E-state index is -0.419. The number of ether oxygens (including phenoxy) is 1. The number of nitrogens with one attached hydrogen (secondary N) is 1. The molecule has 2 aromatic carbocycles. The zero-order valence-corrected chi connectivity index (χ0v) is 14.5. The van der Waals surface area contributed by atoms with Gasteiger partial charge in [-0.05, 0) is 30.3 Å². The van der Waals surface area contributed by atoms with Crippen molar-refractivity contribution in [2.24, 2.45) is 0 Å². The molecular formula is C17H10BrClN2O3. The average molecular weight is 406 g/mol. The van der Waals surface area contributed by atoms with Gasteiger partial charge in [0.15, 0.2) is 6.61 Å². The van der Waals surface area contributed by atoms with E-state index in [0.29, 0.717) is 27.4 Å². The van der Waals surface area contributed by atoms with Crippen molar-refractivity contribution in [3.05, 3.63) is 57.7 Å². The van der Waals surface area contributed by atoms with Crippen molar-refractivity contribution in [1.29, 1.82) is 5.26 Å². The fraction of sp³-hybridized carbons (Fsp3) is 0.0588. The Kier molecular flexibility index (Phi) is 4.74. The fourth-order valence-electron chi connectivity index (χ4n) is 2.16. The number of nitriles is 1. The first kappa shape index (κ1) is 16.4. The third kappa shape index (κ3) is 3.37. The van der Waals surface area contributed by atoms with E-state index in [9.17, 15) is 4.79 Å². The average Bonchev–Trinajstić information content (AvgIpc) is 2.92. The molecule has 120 valence electrons. The highest BCUT2D eigenvalue weighted by Gasteiger charge is 2.16. The Morgan fingerprint density at radius 3 is 2.88 bits per heavy atom. The maximum Gasteiger partial charge on any atom is 0.262 e. The number of nitrogens with zero attached hydrogens (tertiary/aromatic N) is 1. The van der Waals surface area contributed by atoms with Gasteiger partial charge in [0.1, 0.15) is 23.1 Å². The Balaban J connectivity index is 1.75. The second kappa shape index (κ2) is 6.95. The Morgan fingerprint density at radius 1 is 1.33 bits per heavy atom. The van der Waals surface area contributed by atoms with Gasteiger partial charge < -0.3 is 14.5 Å². The van der Waals surface area contributed by atoms with Crippen LogP contribution in [0.2, 0.25) is 5.02 Å². The van der Waals surface area contributed by atoms with E-state index in [0.717, 1.165) is 4.47 Å². The summed E-state index contributed by atoms with van der Waals surface area (Å²) in [4.78, 5) is 12.1. The number of furan rings is 1. The maximum atomic E-state index is 12.1. The molecule has 1 amide bonds. The number of benzene rings is 2. The van der Waals surface area contributed by atoms with Crippen molar-refractivity contribution in [1.82, 2.24) is 0 Å². The van der Waals surface area contributed by atoms with Gasteiger partial charge >= 0.3 is 0 Å². The summed E-state index contributed by atoms with van der Waals surface area (Å²) in [6, 6.07) is 14.1. The number of carbonyl (C=O) groups is 1. The van der Waals surface area contributed by atoms with Crippen LogP contribution in [-0.2, 0) is 4.79 Å². The predicted octanol–water partition coefficient (Wildman–Crippen LogP) is 4.74. The van der Waals surface area contributed by atoms with Crippen LogP contribution in [0.25, 0.3) is 11.0 Å². The van der Waals surface area contributed by atoms with E-state index < -0.39 is 5.91 Å². The summed E-state index contributed by atoms with van der Waals surface area (Å²) in [5.41, 5.74) is 0.866. The third-order valence-electron chi connectivity index (χ3n) is 3.21. The molecule has 0 saturated heterocycles. The summed E-state index contributed by atoms with van der Waals surface area (Å²) >= 11 is 9.33. The van der Waals surface area contributed by atoms with Crippen LogP contribution in [0.3, 0.4) is 0 Å². The summed E-state index contributed by atoms with van der Waals surface area (Å²) in [5, 5.41) is 12.9. The summed E-state index contributed by atoms with van der Waals surface area (Å²) in [6.07, 6.45) is 0. The van der Waals surface area contributed by atoms with Crippen LogP contribution in [0.5, 0.6) is 5.75 Å². The Hall–Kier alpha value is -2.49. The second-order valence-electron chi connectivity index (χ2n) is 4.83. The topological polar surface area (TPSA) is 75.3 Å². The van der Waals surface area contributed by atoms with Crippen molar-refractivity contribution >= 4 is 50.1 Å². The Labute approximate surface area is 150 Å². The number of rotatable bonds is 4. The molecule has 0 bridgehead atoms. The van der Waals surface area contributed by atoms with Gasteiger partial charge in [-0.15, -0.1) is 0 Å². The van der Waals surface area contributed by atoms with Crippen LogP contribution < -0.4 is 10.1 Å². The molecule has 7 heteroatoms. The fourth-order valence-corrected chi connectivity index (χ4v) is 2.89. The molecule has 1 N–H and O–H groups in total. The van der Waals surface area contributed by atoms with Crippen LogP contribution >= 0.6 is 27.5 Å². The summed E-state index contributed by atoms with van der Waals surface area (Å²) < 4.78 is 11.6. The third-order valence-corrected chi connectivity index (χ3v) is 4.00. The lowest BCUT2D eigenvalue weighted by molar-refractivity contribution is -0.118. The van der Waals surface area contributed by atoms with Gasteiger partial charge in [-0.25, -0.2) is 0 Å². The molecule has 24 heavy (non-hydrogen) atoms. The summed E-state index contributed by atoms with van der Waals surface area (Å²) in [5.74, 6) is 0.0239. The minimum absolute atomic E-state index is 0.0474. The van der Waals surface area contributed by atoms with Gasteiger partial charge in [-0.1, -0.05) is 39.7 Å². The van der Waals surface area contributed by atoms with Crippen LogP contribution in [-0.4, -0.2) is 12.5 Å². The van der Waals surface area contributed by atoms with Crippen LogP contribution in [0, 0.1) is 11.3 Å². The lowest BCUT2D eigenvalue weighted by Gasteiger charge is -2.08. The quantitative estimate of drug-likeness (QED) is 0.680. The van der Waals surface area contributed by atoms with Gasteiger partial charge in [0.25, 0.3) is 5.91 Å². The standard InChI is InChI=1S/C17H10BrClN2O3/c18-10-5-6-14(12(19)7-10)23-9-16(22)21-17-11-3-1-2-4-13(11)24-15(17)8-20/h1-7H,9H2,(H,21,22). The summed E-state index contributed by atoms with van der Waals surface area (Å²) in [7, 11) is 0. The molecule has 1 aromatic heterocycles. The van der Waals surface area contributed by atoms with Gasteiger partial charge in [0.2, 0.25) is 5.76 Å². The number of hydrogen-bond donors (Lipinski definition) is 1. The number of hydrogen-bond acceptors (Lipinski definition) is 4. The first-order valence-corrected chi connectivity index (χ1v) is 8.05. The molecule has 5 nitrogen and oxygen atoms in total. The van der Waals surface area contributed by atoms with E-state index in [2.05, 4.69) is 21.2 Å². The van der Waals surface area contributed by atoms with Crippen LogP contribution in [0.15, 0.2) is 51.4 Å². The van der Waals surface area contributed by atoms with E-state index in [4.69, 9.17) is 26.0 Å². The lowest BCUT2D eigenvalue weighted by Crippen LogP contribution is -2.20. The second-order valence-corrected chi connectivity index (χ2v) is 6.15. The van der Waals surface area contributed by atoms with E-state index in [1.54, 1.807) is 42.5 Å². The van der Waals surface area contributed by atoms with Crippen molar-refractivity contribution in [3.63, 3.8) is 0 Å². The molecule has 0 saturated carbocycles. The largest absolute Gasteiger partial charge is 0.482 e. The molecular weight excluding hydrogens is 396 g/mol. The lowest BCUT2D eigenvalue weighted by atomic mass is 10.2. The number of carbonyl (C=O) groups excluding carboxylic acids is 1. The van der Waals surface area contributed by atoms with E-state index >= 15 is 0 Å². The van der Waals surface area contributed by atoms with Crippen LogP contribution in [0.4, 0.5) is 5.69 Å². The molecule has 0 fully saturated rings. The minimum Gasteiger partial charge on any atom is -0.482 e. The number of halogens is 2. The Morgan fingerprint density at radius 2 is 2.12 bits per heavy atom. The number of fused-ring (bicyclic) bond motifs is 1. The van der Waals surface area contributed by atoms with Crippen LogP contribution in [0.1, 0.15) is 5.76 Å². The molecule has 0 aliphatic heterocycles. The van der Waals surface area contributed by atoms with Crippen molar-refractivity contribution in [3.8, 4) is 11.8 Å². The predicted molar refractivity (Wildman–Crippen MR) is 94.2 cm³/mol. The molecule has 3 aromatic rings. The SMILES string of the molecule is N#Cc1oc2ccccc2c1NC(=O)COc1ccc(Br)cc1Cl. The monoisotopic (exact) mass is 404 g/mol. The number of anilines is 1. The van der Waals surface area contributed by atoms with Crippen molar-refractivity contribution < 1.29 is 13.9 Å².